The molecule has 1 heterocycles. The molecular formula is C21H33F3IN5O2. The van der Waals surface area contributed by atoms with Crippen LogP contribution in [0.3, 0.4) is 0 Å². The average Bonchev–Trinajstić information content (AvgIpc) is 3.19. The third-order valence-corrected chi connectivity index (χ3v) is 5.01. The molecule has 2 rings (SSSR count). The van der Waals surface area contributed by atoms with Gasteiger partial charge in [-0.25, -0.2) is 0 Å². The Balaban J connectivity index is 0.00000512. The lowest BCUT2D eigenvalue weighted by Crippen LogP contribution is -2.44. The molecule has 2 N–H and O–H groups in total. The quantitative estimate of drug-likeness (QED) is 0.207. The van der Waals surface area contributed by atoms with Gasteiger partial charge in [0.15, 0.2) is 12.6 Å². The van der Waals surface area contributed by atoms with Crippen molar-refractivity contribution in [1.29, 1.82) is 0 Å². The molecule has 1 fully saturated rings. The van der Waals surface area contributed by atoms with E-state index in [-0.39, 0.29) is 41.7 Å². The van der Waals surface area contributed by atoms with E-state index in [4.69, 9.17) is 4.74 Å². The number of halogens is 4. The van der Waals surface area contributed by atoms with E-state index >= 15 is 0 Å². The minimum absolute atomic E-state index is 0. The number of ether oxygens (including phenoxy) is 1. The Morgan fingerprint density at radius 3 is 2.53 bits per heavy atom. The zero-order valence-electron chi connectivity index (χ0n) is 18.7. The molecule has 0 radical (unpaired) electrons. The summed E-state index contributed by atoms with van der Waals surface area (Å²) in [6.45, 7) is 1.67. The number of nitrogens with one attached hydrogen (secondary N) is 2. The number of benzene rings is 1. The molecule has 1 atom stereocenters. The maximum atomic E-state index is 12.2. The summed E-state index contributed by atoms with van der Waals surface area (Å²) in [5, 5.41) is 6.42. The van der Waals surface area contributed by atoms with Crippen LogP contribution in [-0.2, 0) is 11.3 Å². The standard InChI is InChI=1S/C21H32F3N5O2.HI/c1-25-20(26-11-5-13-29-12-4-6-18(29)19(30)28(2)3)27-14-16-7-9-17(10-8-16)31-15-21(22,23)24;/h7-10,18H,4-6,11-15H2,1-3H3,(H2,25,26,27);1H. The minimum atomic E-state index is -4.35. The van der Waals surface area contributed by atoms with Gasteiger partial charge in [-0.3, -0.25) is 14.7 Å². The Labute approximate surface area is 204 Å². The van der Waals surface area contributed by atoms with Crippen molar-refractivity contribution in [3.8, 4) is 5.75 Å². The van der Waals surface area contributed by atoms with Crippen LogP contribution in [0.5, 0.6) is 5.75 Å². The summed E-state index contributed by atoms with van der Waals surface area (Å²) in [7, 11) is 5.26. The molecule has 0 saturated carbocycles. The van der Waals surface area contributed by atoms with E-state index in [2.05, 4.69) is 20.5 Å². The maximum Gasteiger partial charge on any atom is 0.422 e. The molecule has 0 bridgehead atoms. The second-order valence-corrected chi connectivity index (χ2v) is 7.68. The first-order valence-corrected chi connectivity index (χ1v) is 10.4. The molecule has 1 aliphatic heterocycles. The van der Waals surface area contributed by atoms with E-state index in [1.165, 1.54) is 12.1 Å². The van der Waals surface area contributed by atoms with Crippen molar-refractivity contribution in [1.82, 2.24) is 20.4 Å². The van der Waals surface area contributed by atoms with Gasteiger partial charge in [-0.1, -0.05) is 12.1 Å². The summed E-state index contributed by atoms with van der Waals surface area (Å²) in [4.78, 5) is 20.3. The zero-order valence-corrected chi connectivity index (χ0v) is 21.1. The molecule has 1 amide bonds. The number of hydrogen-bond donors (Lipinski definition) is 2. The van der Waals surface area contributed by atoms with Gasteiger partial charge in [0.25, 0.3) is 0 Å². The van der Waals surface area contributed by atoms with Gasteiger partial charge in [-0.05, 0) is 43.5 Å². The van der Waals surface area contributed by atoms with Crippen molar-refractivity contribution in [3.05, 3.63) is 29.8 Å². The number of guanidine groups is 1. The summed E-state index contributed by atoms with van der Waals surface area (Å²) < 4.78 is 41.3. The van der Waals surface area contributed by atoms with Gasteiger partial charge >= 0.3 is 6.18 Å². The molecular weight excluding hydrogens is 538 g/mol. The number of rotatable bonds is 9. The van der Waals surface area contributed by atoms with Crippen LogP contribution in [0, 0.1) is 0 Å². The van der Waals surface area contributed by atoms with Crippen molar-refractivity contribution in [2.45, 2.75) is 38.0 Å². The van der Waals surface area contributed by atoms with E-state index in [0.29, 0.717) is 19.0 Å². The lowest BCUT2D eigenvalue weighted by Gasteiger charge is -2.26. The van der Waals surface area contributed by atoms with Gasteiger partial charge in [-0.2, -0.15) is 13.2 Å². The number of aliphatic imine (C=N–C) groups is 1. The van der Waals surface area contributed by atoms with E-state index in [0.717, 1.165) is 37.9 Å². The predicted molar refractivity (Wildman–Crippen MR) is 130 cm³/mol. The molecule has 1 aromatic rings. The van der Waals surface area contributed by atoms with Crippen LogP contribution in [0.1, 0.15) is 24.8 Å². The first-order valence-electron chi connectivity index (χ1n) is 10.4. The highest BCUT2D eigenvalue weighted by atomic mass is 127. The fraction of sp³-hybridized carbons (Fsp3) is 0.619. The van der Waals surface area contributed by atoms with Gasteiger partial charge in [0.1, 0.15) is 5.75 Å². The Kier molecular flexibility index (Phi) is 12.1. The highest BCUT2D eigenvalue weighted by molar-refractivity contribution is 14.0. The molecule has 0 spiro atoms. The Morgan fingerprint density at radius 2 is 1.94 bits per heavy atom. The third kappa shape index (κ3) is 9.80. The number of likely N-dealkylation sites (tertiary alicyclic amines) is 1. The number of nitrogens with zero attached hydrogens (tertiary/aromatic N) is 3. The van der Waals surface area contributed by atoms with E-state index < -0.39 is 12.8 Å². The summed E-state index contributed by atoms with van der Waals surface area (Å²) in [5.41, 5.74) is 0.893. The number of amides is 1. The van der Waals surface area contributed by atoms with Gasteiger partial charge < -0.3 is 20.3 Å². The molecule has 1 aromatic carbocycles. The second-order valence-electron chi connectivity index (χ2n) is 7.68. The first kappa shape index (κ1) is 28.3. The van der Waals surface area contributed by atoms with Crippen molar-refractivity contribution >= 4 is 35.8 Å². The van der Waals surface area contributed by atoms with Crippen LogP contribution in [-0.4, -0.2) is 81.3 Å². The predicted octanol–water partition coefficient (Wildman–Crippen LogP) is 2.85. The summed E-state index contributed by atoms with van der Waals surface area (Å²) in [6, 6.07) is 6.43. The molecule has 0 aromatic heterocycles. The highest BCUT2D eigenvalue weighted by Gasteiger charge is 2.31. The number of carbonyl (C=O) groups is 1. The fourth-order valence-electron chi connectivity index (χ4n) is 3.44. The Bertz CT molecular complexity index is 729. The first-order chi connectivity index (χ1) is 14.7. The van der Waals surface area contributed by atoms with E-state index in [1.54, 1.807) is 38.2 Å². The monoisotopic (exact) mass is 571 g/mol. The summed E-state index contributed by atoms with van der Waals surface area (Å²) in [6.07, 6.45) is -1.52. The molecule has 1 unspecified atom stereocenters. The third-order valence-electron chi connectivity index (χ3n) is 5.01. The molecule has 1 aliphatic rings. The molecule has 7 nitrogen and oxygen atoms in total. The number of likely N-dealkylation sites (N-methyl/N-ethyl adjacent to an activating group) is 1. The van der Waals surface area contributed by atoms with Crippen molar-refractivity contribution in [3.63, 3.8) is 0 Å². The zero-order chi connectivity index (χ0) is 22.9. The molecule has 32 heavy (non-hydrogen) atoms. The lowest BCUT2D eigenvalue weighted by molar-refractivity contribution is -0.153. The SMILES string of the molecule is CN=C(NCCCN1CCCC1C(=O)N(C)C)NCc1ccc(OCC(F)(F)F)cc1.I. The van der Waals surface area contributed by atoms with Crippen molar-refractivity contribution in [2.24, 2.45) is 4.99 Å². The molecule has 0 aliphatic carbocycles. The van der Waals surface area contributed by atoms with Gasteiger partial charge in [0.05, 0.1) is 6.04 Å². The Morgan fingerprint density at radius 1 is 1.25 bits per heavy atom. The van der Waals surface area contributed by atoms with Crippen LogP contribution in [0.15, 0.2) is 29.3 Å². The summed E-state index contributed by atoms with van der Waals surface area (Å²) in [5.74, 6) is 0.981. The number of alkyl halides is 3. The van der Waals surface area contributed by atoms with Crippen LogP contribution < -0.4 is 15.4 Å². The molecule has 1 saturated heterocycles. The van der Waals surface area contributed by atoms with Gasteiger partial charge in [0, 0.05) is 40.8 Å². The molecule has 11 heteroatoms. The maximum absolute atomic E-state index is 12.2. The smallest absolute Gasteiger partial charge is 0.422 e. The van der Waals surface area contributed by atoms with Gasteiger partial charge in [-0.15, -0.1) is 24.0 Å². The minimum Gasteiger partial charge on any atom is -0.484 e. The van der Waals surface area contributed by atoms with Crippen LogP contribution >= 0.6 is 24.0 Å². The van der Waals surface area contributed by atoms with Crippen molar-refractivity contribution in [2.75, 3.05) is 47.4 Å². The second kappa shape index (κ2) is 13.7. The largest absolute Gasteiger partial charge is 0.484 e. The topological polar surface area (TPSA) is 69.2 Å². The van der Waals surface area contributed by atoms with Crippen LogP contribution in [0.4, 0.5) is 13.2 Å². The normalized spacial score (nSPS) is 16.9. The van der Waals surface area contributed by atoms with E-state index in [9.17, 15) is 18.0 Å². The fourth-order valence-corrected chi connectivity index (χ4v) is 3.44. The lowest BCUT2D eigenvalue weighted by atomic mass is 10.2. The summed E-state index contributed by atoms with van der Waals surface area (Å²) >= 11 is 0. The van der Waals surface area contributed by atoms with E-state index in [1.807, 2.05) is 0 Å². The number of carbonyl (C=O) groups excluding carboxylic acids is 1. The highest BCUT2D eigenvalue weighted by Crippen LogP contribution is 2.19. The molecule has 182 valence electrons. The van der Waals surface area contributed by atoms with Crippen LogP contribution in [0.2, 0.25) is 0 Å². The average molecular weight is 571 g/mol. The Hall–Kier alpha value is -1.76. The van der Waals surface area contributed by atoms with Gasteiger partial charge in [0.2, 0.25) is 5.91 Å². The van der Waals surface area contributed by atoms with Crippen LogP contribution in [0.25, 0.3) is 0 Å². The number of hydrogen-bond acceptors (Lipinski definition) is 4. The van der Waals surface area contributed by atoms with Crippen molar-refractivity contribution < 1.29 is 22.7 Å².